The average Bonchev–Trinajstić information content (AvgIpc) is 2.03. The van der Waals surface area contributed by atoms with Crippen LogP contribution in [0.3, 0.4) is 0 Å². The maximum atomic E-state index is 6.00. The lowest BCUT2D eigenvalue weighted by Gasteiger charge is -2.22. The minimum absolute atomic E-state index is 0.0428. The van der Waals surface area contributed by atoms with Gasteiger partial charge in [-0.1, -0.05) is 20.8 Å². The third kappa shape index (κ3) is 3.51. The van der Waals surface area contributed by atoms with E-state index >= 15 is 0 Å². The van der Waals surface area contributed by atoms with Crippen LogP contribution in [0.1, 0.15) is 38.8 Å². The van der Waals surface area contributed by atoms with Gasteiger partial charge in [-0.15, -0.1) is 0 Å². The van der Waals surface area contributed by atoms with Crippen molar-refractivity contribution in [3.05, 3.63) is 24.3 Å². The van der Waals surface area contributed by atoms with E-state index in [1.54, 1.807) is 12.4 Å². The van der Waals surface area contributed by atoms with Gasteiger partial charge in [-0.3, -0.25) is 0 Å². The largest absolute Gasteiger partial charge is 0.324 e. The highest BCUT2D eigenvalue weighted by atomic mass is 14.8. The highest BCUT2D eigenvalue weighted by Crippen LogP contribution is 2.26. The number of rotatable bonds is 2. The standard InChI is InChI=1S/C10H17N3/c1-10(2,3)4-9(11)8-5-12-7-13-6-8/h5-7,9H,4,11H2,1-3H3. The van der Waals surface area contributed by atoms with Crippen LogP contribution in [-0.2, 0) is 0 Å². The lowest BCUT2D eigenvalue weighted by Crippen LogP contribution is -2.18. The molecule has 3 nitrogen and oxygen atoms in total. The zero-order valence-corrected chi connectivity index (χ0v) is 8.49. The maximum Gasteiger partial charge on any atom is 0.115 e. The average molecular weight is 179 g/mol. The molecule has 0 radical (unpaired) electrons. The van der Waals surface area contributed by atoms with Gasteiger partial charge in [0.25, 0.3) is 0 Å². The van der Waals surface area contributed by atoms with Crippen LogP contribution in [0.5, 0.6) is 0 Å². The quantitative estimate of drug-likeness (QED) is 0.754. The topological polar surface area (TPSA) is 51.8 Å². The van der Waals surface area contributed by atoms with Gasteiger partial charge < -0.3 is 5.73 Å². The molecule has 0 saturated carbocycles. The summed E-state index contributed by atoms with van der Waals surface area (Å²) in [5.41, 5.74) is 7.26. The first-order valence-corrected chi connectivity index (χ1v) is 4.49. The van der Waals surface area contributed by atoms with Gasteiger partial charge in [0, 0.05) is 24.0 Å². The van der Waals surface area contributed by atoms with Crippen LogP contribution >= 0.6 is 0 Å². The van der Waals surface area contributed by atoms with E-state index in [2.05, 4.69) is 30.7 Å². The Hall–Kier alpha value is -0.960. The molecule has 72 valence electrons. The van der Waals surface area contributed by atoms with E-state index in [4.69, 9.17) is 5.73 Å². The molecule has 0 spiro atoms. The molecule has 1 heterocycles. The number of hydrogen-bond donors (Lipinski definition) is 1. The fourth-order valence-electron chi connectivity index (χ4n) is 1.28. The van der Waals surface area contributed by atoms with E-state index in [-0.39, 0.29) is 11.5 Å². The maximum absolute atomic E-state index is 6.00. The van der Waals surface area contributed by atoms with Crippen molar-refractivity contribution in [2.75, 3.05) is 0 Å². The molecular formula is C10H17N3. The van der Waals surface area contributed by atoms with Crippen LogP contribution in [0.15, 0.2) is 18.7 Å². The summed E-state index contributed by atoms with van der Waals surface area (Å²) in [4.78, 5) is 7.89. The second kappa shape index (κ2) is 3.83. The number of nitrogens with zero attached hydrogens (tertiary/aromatic N) is 2. The Bertz CT molecular complexity index is 251. The molecule has 0 amide bonds. The lowest BCUT2D eigenvalue weighted by atomic mass is 9.86. The zero-order valence-electron chi connectivity index (χ0n) is 8.49. The third-order valence-electron chi connectivity index (χ3n) is 1.84. The van der Waals surface area contributed by atoms with Gasteiger partial charge in [0.05, 0.1) is 0 Å². The normalized spacial score (nSPS) is 14.2. The lowest BCUT2D eigenvalue weighted by molar-refractivity contribution is 0.342. The molecule has 0 aliphatic heterocycles. The van der Waals surface area contributed by atoms with Gasteiger partial charge in [-0.05, 0) is 11.8 Å². The molecule has 1 aromatic heterocycles. The number of nitrogens with two attached hydrogens (primary N) is 1. The Kier molecular flexibility index (Phi) is 2.98. The predicted octanol–water partition coefficient (Wildman–Crippen LogP) is 1.91. The fourth-order valence-corrected chi connectivity index (χ4v) is 1.28. The summed E-state index contributed by atoms with van der Waals surface area (Å²) < 4.78 is 0. The summed E-state index contributed by atoms with van der Waals surface area (Å²) >= 11 is 0. The Morgan fingerprint density at radius 2 is 1.85 bits per heavy atom. The zero-order chi connectivity index (χ0) is 9.90. The van der Waals surface area contributed by atoms with Gasteiger partial charge >= 0.3 is 0 Å². The molecule has 0 bridgehead atoms. The van der Waals surface area contributed by atoms with Gasteiger partial charge in [-0.2, -0.15) is 0 Å². The van der Waals surface area contributed by atoms with E-state index in [0.717, 1.165) is 12.0 Å². The Morgan fingerprint density at radius 3 is 2.31 bits per heavy atom. The number of hydrogen-bond acceptors (Lipinski definition) is 3. The number of aromatic nitrogens is 2. The Balaban J connectivity index is 2.64. The van der Waals surface area contributed by atoms with E-state index in [0.29, 0.717) is 0 Å². The second-order valence-electron chi connectivity index (χ2n) is 4.54. The highest BCUT2D eigenvalue weighted by Gasteiger charge is 2.16. The van der Waals surface area contributed by atoms with Crippen molar-refractivity contribution in [1.82, 2.24) is 9.97 Å². The first kappa shape index (κ1) is 10.1. The smallest absolute Gasteiger partial charge is 0.115 e. The van der Waals surface area contributed by atoms with Crippen LogP contribution in [0.4, 0.5) is 0 Å². The summed E-state index contributed by atoms with van der Waals surface area (Å²) in [6.45, 7) is 6.53. The molecule has 1 aromatic rings. The molecule has 0 aliphatic carbocycles. The third-order valence-corrected chi connectivity index (χ3v) is 1.84. The molecule has 0 saturated heterocycles. The van der Waals surface area contributed by atoms with Crippen molar-refractivity contribution in [2.24, 2.45) is 11.1 Å². The molecule has 1 rings (SSSR count). The Labute approximate surface area is 79.4 Å². The van der Waals surface area contributed by atoms with E-state index in [9.17, 15) is 0 Å². The fraction of sp³-hybridized carbons (Fsp3) is 0.600. The van der Waals surface area contributed by atoms with Crippen molar-refractivity contribution in [3.63, 3.8) is 0 Å². The van der Waals surface area contributed by atoms with E-state index in [1.165, 1.54) is 6.33 Å². The highest BCUT2D eigenvalue weighted by molar-refractivity contribution is 5.08. The van der Waals surface area contributed by atoms with Gasteiger partial charge in [0.2, 0.25) is 0 Å². The van der Waals surface area contributed by atoms with Crippen molar-refractivity contribution in [1.29, 1.82) is 0 Å². The molecule has 0 aromatic carbocycles. The summed E-state index contributed by atoms with van der Waals surface area (Å²) in [5.74, 6) is 0. The van der Waals surface area contributed by atoms with Crippen LogP contribution in [0, 0.1) is 5.41 Å². The molecule has 2 N–H and O–H groups in total. The minimum atomic E-state index is 0.0428. The summed E-state index contributed by atoms with van der Waals surface area (Å²) in [6.07, 6.45) is 6.03. The van der Waals surface area contributed by atoms with E-state index < -0.39 is 0 Å². The molecule has 1 unspecified atom stereocenters. The van der Waals surface area contributed by atoms with Gasteiger partial charge in [0.15, 0.2) is 0 Å². The first-order chi connectivity index (χ1) is 5.99. The van der Waals surface area contributed by atoms with Crippen molar-refractivity contribution >= 4 is 0 Å². The molecule has 3 heteroatoms. The predicted molar refractivity (Wildman–Crippen MR) is 53.0 cm³/mol. The summed E-state index contributed by atoms with van der Waals surface area (Å²) in [5, 5.41) is 0. The molecule has 1 atom stereocenters. The first-order valence-electron chi connectivity index (χ1n) is 4.49. The van der Waals surface area contributed by atoms with Crippen LogP contribution in [0.2, 0.25) is 0 Å². The SMILES string of the molecule is CC(C)(C)CC(N)c1cncnc1. The molecule has 0 aliphatic rings. The molecular weight excluding hydrogens is 162 g/mol. The summed E-state index contributed by atoms with van der Waals surface area (Å²) in [7, 11) is 0. The molecule has 0 fully saturated rings. The van der Waals surface area contributed by atoms with Crippen LogP contribution < -0.4 is 5.73 Å². The van der Waals surface area contributed by atoms with Crippen LogP contribution in [-0.4, -0.2) is 9.97 Å². The second-order valence-corrected chi connectivity index (χ2v) is 4.54. The minimum Gasteiger partial charge on any atom is -0.324 e. The molecule has 13 heavy (non-hydrogen) atoms. The van der Waals surface area contributed by atoms with Crippen LogP contribution in [0.25, 0.3) is 0 Å². The van der Waals surface area contributed by atoms with Gasteiger partial charge in [0.1, 0.15) is 6.33 Å². The Morgan fingerprint density at radius 1 is 1.31 bits per heavy atom. The van der Waals surface area contributed by atoms with Crippen molar-refractivity contribution in [2.45, 2.75) is 33.2 Å². The van der Waals surface area contributed by atoms with Crippen molar-refractivity contribution < 1.29 is 0 Å². The van der Waals surface area contributed by atoms with E-state index in [1.807, 2.05) is 0 Å². The van der Waals surface area contributed by atoms with Gasteiger partial charge in [-0.25, -0.2) is 9.97 Å². The monoisotopic (exact) mass is 179 g/mol. The van der Waals surface area contributed by atoms with Crippen molar-refractivity contribution in [3.8, 4) is 0 Å². The summed E-state index contributed by atoms with van der Waals surface area (Å²) in [6, 6.07) is 0.0428.